The number of hydrogen-bond acceptors (Lipinski definition) is 3. The smallest absolute Gasteiger partial charge is 0.231 e. The van der Waals surface area contributed by atoms with Crippen LogP contribution in [0.1, 0.15) is 19.3 Å². The van der Waals surface area contributed by atoms with Gasteiger partial charge in [-0.3, -0.25) is 4.79 Å². The zero-order valence-electron chi connectivity index (χ0n) is 7.38. The summed E-state index contributed by atoms with van der Waals surface area (Å²) in [5.74, 6) is -0.295. The van der Waals surface area contributed by atoms with Gasteiger partial charge in [0.25, 0.3) is 0 Å². The normalized spacial score (nSPS) is 29.1. The van der Waals surface area contributed by atoms with E-state index in [1.807, 2.05) is 0 Å². The number of hydrogen-bond donors (Lipinski definition) is 2. The molecule has 70 valence electrons. The molecular weight excluding hydrogens is 156 g/mol. The highest BCUT2D eigenvalue weighted by atomic mass is 16.5. The Bertz CT molecular complexity index is 161. The number of nitrogens with one attached hydrogen (secondary N) is 1. The maximum Gasteiger partial charge on any atom is 0.231 e. The molecular formula is C8H16N2O2. The minimum atomic E-state index is -0.295. The van der Waals surface area contributed by atoms with Crippen molar-refractivity contribution >= 4 is 5.91 Å². The van der Waals surface area contributed by atoms with Crippen LogP contribution in [0.15, 0.2) is 0 Å². The summed E-state index contributed by atoms with van der Waals surface area (Å²) in [4.78, 5) is 10.4. The van der Waals surface area contributed by atoms with Crippen molar-refractivity contribution in [1.82, 2.24) is 5.32 Å². The van der Waals surface area contributed by atoms with Crippen molar-refractivity contribution in [2.24, 2.45) is 5.73 Å². The fraction of sp³-hybridized carbons (Fsp3) is 0.875. The van der Waals surface area contributed by atoms with Gasteiger partial charge in [0.15, 0.2) is 0 Å². The highest BCUT2D eigenvalue weighted by Gasteiger charge is 2.23. The molecule has 0 aliphatic heterocycles. The van der Waals surface area contributed by atoms with E-state index < -0.39 is 0 Å². The molecule has 12 heavy (non-hydrogen) atoms. The molecule has 0 spiro atoms. The van der Waals surface area contributed by atoms with Crippen molar-refractivity contribution in [3.8, 4) is 0 Å². The maximum atomic E-state index is 10.4. The molecule has 1 aliphatic carbocycles. The molecule has 0 aromatic carbocycles. The van der Waals surface area contributed by atoms with Crippen LogP contribution in [0.2, 0.25) is 0 Å². The summed E-state index contributed by atoms with van der Waals surface area (Å²) in [6, 6.07) is 0.405. The second kappa shape index (κ2) is 4.42. The molecule has 1 saturated carbocycles. The summed E-state index contributed by atoms with van der Waals surface area (Å²) in [5, 5.41) is 3.09. The first-order chi connectivity index (χ1) is 5.72. The van der Waals surface area contributed by atoms with Crippen LogP contribution in [0, 0.1) is 0 Å². The lowest BCUT2D eigenvalue weighted by atomic mass is 10.2. The van der Waals surface area contributed by atoms with E-state index in [-0.39, 0.29) is 12.5 Å². The number of carbonyl (C=O) groups is 1. The fourth-order valence-corrected chi connectivity index (χ4v) is 1.58. The largest absolute Gasteiger partial charge is 0.381 e. The third-order valence-electron chi connectivity index (χ3n) is 2.28. The minimum absolute atomic E-state index is 0.279. The summed E-state index contributed by atoms with van der Waals surface area (Å²) in [7, 11) is 1.72. The first kappa shape index (κ1) is 9.48. The molecule has 1 amide bonds. The van der Waals surface area contributed by atoms with Gasteiger partial charge < -0.3 is 15.8 Å². The van der Waals surface area contributed by atoms with E-state index in [1.54, 1.807) is 7.11 Å². The predicted molar refractivity (Wildman–Crippen MR) is 45.6 cm³/mol. The number of ether oxygens (including phenoxy) is 1. The Morgan fingerprint density at radius 2 is 2.42 bits per heavy atom. The Morgan fingerprint density at radius 1 is 1.67 bits per heavy atom. The van der Waals surface area contributed by atoms with Crippen LogP contribution in [0.25, 0.3) is 0 Å². The average Bonchev–Trinajstić information content (AvgIpc) is 2.48. The molecule has 1 fully saturated rings. The van der Waals surface area contributed by atoms with Crippen LogP contribution in [-0.2, 0) is 9.53 Å². The van der Waals surface area contributed by atoms with Gasteiger partial charge in [-0.2, -0.15) is 0 Å². The average molecular weight is 172 g/mol. The number of carbonyl (C=O) groups excluding carboxylic acids is 1. The van der Waals surface area contributed by atoms with Crippen molar-refractivity contribution in [3.63, 3.8) is 0 Å². The second-order valence-electron chi connectivity index (χ2n) is 3.21. The monoisotopic (exact) mass is 172 g/mol. The third-order valence-corrected chi connectivity index (χ3v) is 2.28. The van der Waals surface area contributed by atoms with Crippen molar-refractivity contribution < 1.29 is 9.53 Å². The lowest BCUT2D eigenvalue weighted by Crippen LogP contribution is -2.35. The lowest BCUT2D eigenvalue weighted by Gasteiger charge is -2.10. The summed E-state index contributed by atoms with van der Waals surface area (Å²) < 4.78 is 5.19. The zero-order chi connectivity index (χ0) is 8.97. The Balaban J connectivity index is 2.15. The van der Waals surface area contributed by atoms with Crippen LogP contribution in [0.4, 0.5) is 0 Å². The maximum absolute atomic E-state index is 10.4. The second-order valence-corrected chi connectivity index (χ2v) is 3.21. The van der Waals surface area contributed by atoms with Crippen LogP contribution < -0.4 is 11.1 Å². The van der Waals surface area contributed by atoms with Gasteiger partial charge in [-0.25, -0.2) is 0 Å². The topological polar surface area (TPSA) is 64.3 Å². The van der Waals surface area contributed by atoms with Gasteiger partial charge in [0.2, 0.25) is 5.91 Å². The van der Waals surface area contributed by atoms with Crippen LogP contribution >= 0.6 is 0 Å². The molecule has 2 unspecified atom stereocenters. The molecule has 0 heterocycles. The van der Waals surface area contributed by atoms with Crippen molar-refractivity contribution in [2.45, 2.75) is 31.4 Å². The standard InChI is InChI=1S/C8H16N2O2/c1-12-7-3-2-6(4-7)10-5-8(9)11/h6-7,10H,2-5H2,1H3,(H2,9,11). The Morgan fingerprint density at radius 3 is 2.92 bits per heavy atom. The van der Waals surface area contributed by atoms with Gasteiger partial charge in [0.1, 0.15) is 0 Å². The number of primary amides is 1. The Kier molecular flexibility index (Phi) is 3.49. The van der Waals surface area contributed by atoms with Crippen molar-refractivity contribution in [2.75, 3.05) is 13.7 Å². The summed E-state index contributed by atoms with van der Waals surface area (Å²) in [5.41, 5.74) is 5.01. The highest BCUT2D eigenvalue weighted by molar-refractivity contribution is 5.75. The molecule has 4 heteroatoms. The van der Waals surface area contributed by atoms with Gasteiger partial charge in [-0.1, -0.05) is 0 Å². The van der Waals surface area contributed by atoms with Gasteiger partial charge in [-0.15, -0.1) is 0 Å². The van der Waals surface area contributed by atoms with E-state index in [4.69, 9.17) is 10.5 Å². The molecule has 0 aromatic heterocycles. The van der Waals surface area contributed by atoms with Gasteiger partial charge in [-0.05, 0) is 19.3 Å². The fourth-order valence-electron chi connectivity index (χ4n) is 1.58. The van der Waals surface area contributed by atoms with Gasteiger partial charge in [0.05, 0.1) is 12.6 Å². The molecule has 0 saturated heterocycles. The van der Waals surface area contributed by atoms with Crippen LogP contribution in [-0.4, -0.2) is 31.7 Å². The molecule has 0 radical (unpaired) electrons. The molecule has 3 N–H and O–H groups in total. The lowest BCUT2D eigenvalue weighted by molar-refractivity contribution is -0.117. The summed E-state index contributed by atoms with van der Waals surface area (Å²) >= 11 is 0. The van der Waals surface area contributed by atoms with E-state index in [1.165, 1.54) is 0 Å². The summed E-state index contributed by atoms with van der Waals surface area (Å²) in [6.07, 6.45) is 3.50. The van der Waals surface area contributed by atoms with Crippen LogP contribution in [0.3, 0.4) is 0 Å². The number of rotatable bonds is 4. The number of nitrogens with two attached hydrogens (primary N) is 1. The number of amides is 1. The minimum Gasteiger partial charge on any atom is -0.381 e. The molecule has 0 aromatic rings. The van der Waals surface area contributed by atoms with Crippen molar-refractivity contribution in [3.05, 3.63) is 0 Å². The molecule has 1 aliphatic rings. The van der Waals surface area contributed by atoms with Gasteiger partial charge in [0, 0.05) is 13.2 Å². The first-order valence-electron chi connectivity index (χ1n) is 4.27. The van der Waals surface area contributed by atoms with Crippen molar-refractivity contribution in [1.29, 1.82) is 0 Å². The number of methoxy groups -OCH3 is 1. The van der Waals surface area contributed by atoms with E-state index in [0.29, 0.717) is 12.1 Å². The van der Waals surface area contributed by atoms with Gasteiger partial charge >= 0.3 is 0 Å². The van der Waals surface area contributed by atoms with E-state index in [2.05, 4.69) is 5.32 Å². The summed E-state index contributed by atoms with van der Waals surface area (Å²) in [6.45, 7) is 0.279. The highest BCUT2D eigenvalue weighted by Crippen LogP contribution is 2.20. The van der Waals surface area contributed by atoms with E-state index in [9.17, 15) is 4.79 Å². The third kappa shape index (κ3) is 2.79. The SMILES string of the molecule is COC1CCC(NCC(N)=O)C1. The molecule has 1 rings (SSSR count). The molecule has 0 bridgehead atoms. The van der Waals surface area contributed by atoms with Crippen LogP contribution in [0.5, 0.6) is 0 Å². The first-order valence-corrected chi connectivity index (χ1v) is 4.27. The van der Waals surface area contributed by atoms with E-state index >= 15 is 0 Å². The quantitative estimate of drug-likeness (QED) is 0.608. The van der Waals surface area contributed by atoms with E-state index in [0.717, 1.165) is 19.3 Å². The zero-order valence-corrected chi connectivity index (χ0v) is 7.38. The predicted octanol–water partition coefficient (Wildman–Crippen LogP) is -0.371. The molecule has 2 atom stereocenters. The molecule has 4 nitrogen and oxygen atoms in total. The Labute approximate surface area is 72.5 Å². The Hall–Kier alpha value is -0.610.